The van der Waals surface area contributed by atoms with Crippen LogP contribution in [0.1, 0.15) is 10.6 Å². The number of nitrogens with two attached hydrogens (primary N) is 1. The van der Waals surface area contributed by atoms with E-state index in [2.05, 4.69) is 11.9 Å². The number of halogens is 2. The Labute approximate surface area is 152 Å². The summed E-state index contributed by atoms with van der Waals surface area (Å²) in [4.78, 5) is 23.9. The smallest absolute Gasteiger partial charge is 0.290 e. The summed E-state index contributed by atoms with van der Waals surface area (Å²) in [5, 5.41) is 3.11. The van der Waals surface area contributed by atoms with Crippen LogP contribution in [-0.4, -0.2) is 11.8 Å². The van der Waals surface area contributed by atoms with Crippen molar-refractivity contribution in [3.8, 4) is 5.75 Å². The Morgan fingerprint density at radius 2 is 1.88 bits per heavy atom. The summed E-state index contributed by atoms with van der Waals surface area (Å²) in [7, 11) is 0. The van der Waals surface area contributed by atoms with Crippen LogP contribution in [0.25, 0.3) is 11.0 Å². The first-order chi connectivity index (χ1) is 12.3. The minimum Gasteiger partial charge on any atom is -0.452 e. The molecule has 1 aromatic heterocycles. The lowest BCUT2D eigenvalue weighted by Crippen LogP contribution is -2.20. The molecule has 3 aromatic rings. The number of nitrogens with one attached hydrogen (secondary N) is 1. The monoisotopic (exact) mass is 374 g/mol. The number of fused-ring (bicyclic) bond motifs is 1. The molecule has 132 valence electrons. The molecule has 2 amide bonds. The summed E-state index contributed by atoms with van der Waals surface area (Å²) in [6, 6.07) is 9.87. The second kappa shape index (κ2) is 6.89. The maximum atomic E-state index is 13.5. The highest BCUT2D eigenvalue weighted by atomic mass is 35.5. The molecule has 0 fully saturated rings. The Kier molecular flexibility index (Phi) is 4.64. The quantitative estimate of drug-likeness (QED) is 0.523. The molecule has 0 aliphatic carbocycles. The van der Waals surface area contributed by atoms with Crippen molar-refractivity contribution in [2.75, 3.05) is 5.32 Å². The van der Waals surface area contributed by atoms with E-state index in [0.717, 1.165) is 12.1 Å². The van der Waals surface area contributed by atoms with Gasteiger partial charge in [0, 0.05) is 10.4 Å². The fourth-order valence-electron chi connectivity index (χ4n) is 2.24. The first-order valence-corrected chi connectivity index (χ1v) is 7.68. The van der Waals surface area contributed by atoms with Gasteiger partial charge in [0.2, 0.25) is 5.76 Å². The van der Waals surface area contributed by atoms with E-state index in [-0.39, 0.29) is 28.2 Å². The summed E-state index contributed by atoms with van der Waals surface area (Å²) >= 11 is 5.78. The Balaban J connectivity index is 1.87. The van der Waals surface area contributed by atoms with Crippen molar-refractivity contribution in [1.29, 1.82) is 0 Å². The average Bonchev–Trinajstić information content (AvgIpc) is 2.95. The van der Waals surface area contributed by atoms with E-state index in [1.54, 1.807) is 24.3 Å². The van der Waals surface area contributed by atoms with E-state index < -0.39 is 17.6 Å². The predicted octanol–water partition coefficient (Wildman–Crippen LogP) is 3.86. The molecule has 26 heavy (non-hydrogen) atoms. The number of hydrogen-bond acceptors (Lipinski definition) is 4. The molecule has 0 spiro atoms. The lowest BCUT2D eigenvalue weighted by atomic mass is 10.2. The second-order valence-electron chi connectivity index (χ2n) is 5.24. The third kappa shape index (κ3) is 3.52. The van der Waals surface area contributed by atoms with Crippen molar-refractivity contribution in [2.45, 2.75) is 0 Å². The predicted molar refractivity (Wildman–Crippen MR) is 94.5 cm³/mol. The Morgan fingerprint density at radius 3 is 2.54 bits per heavy atom. The van der Waals surface area contributed by atoms with Crippen LogP contribution in [-0.2, 0) is 4.79 Å². The van der Waals surface area contributed by atoms with Gasteiger partial charge in [0.15, 0.2) is 5.76 Å². The summed E-state index contributed by atoms with van der Waals surface area (Å²) in [5.74, 6) is -2.46. The van der Waals surface area contributed by atoms with Gasteiger partial charge in [-0.1, -0.05) is 18.2 Å². The SMILES string of the molecule is C=C(Oc1ccc(Cl)cc1)C(=O)Nc1c(C(N)=O)oc2ccc(F)cc12. The van der Waals surface area contributed by atoms with Crippen LogP contribution in [0.5, 0.6) is 5.75 Å². The minimum atomic E-state index is -0.916. The lowest BCUT2D eigenvalue weighted by Gasteiger charge is -2.09. The number of primary amides is 1. The fourth-order valence-corrected chi connectivity index (χ4v) is 2.37. The Bertz CT molecular complexity index is 1030. The highest BCUT2D eigenvalue weighted by Gasteiger charge is 2.22. The third-order valence-electron chi connectivity index (χ3n) is 3.42. The average molecular weight is 375 g/mol. The molecule has 6 nitrogen and oxygen atoms in total. The number of anilines is 1. The van der Waals surface area contributed by atoms with Gasteiger partial charge in [-0.05, 0) is 42.5 Å². The van der Waals surface area contributed by atoms with Crippen LogP contribution in [0.15, 0.2) is 59.2 Å². The van der Waals surface area contributed by atoms with Crippen molar-refractivity contribution >= 4 is 40.1 Å². The van der Waals surface area contributed by atoms with Gasteiger partial charge in [-0.3, -0.25) is 9.59 Å². The lowest BCUT2D eigenvalue weighted by molar-refractivity contribution is -0.114. The largest absolute Gasteiger partial charge is 0.452 e. The fraction of sp³-hybridized carbons (Fsp3) is 0. The molecular weight excluding hydrogens is 363 g/mol. The minimum absolute atomic E-state index is 0.0575. The van der Waals surface area contributed by atoms with E-state index in [1.165, 1.54) is 6.07 Å². The van der Waals surface area contributed by atoms with E-state index in [0.29, 0.717) is 10.8 Å². The molecule has 0 unspecified atom stereocenters. The maximum absolute atomic E-state index is 13.5. The number of benzene rings is 2. The molecule has 0 aliphatic rings. The van der Waals surface area contributed by atoms with Gasteiger partial charge in [0.25, 0.3) is 11.8 Å². The highest BCUT2D eigenvalue weighted by Crippen LogP contribution is 2.31. The molecular formula is C18H12ClFN2O4. The Morgan fingerprint density at radius 1 is 1.19 bits per heavy atom. The zero-order valence-electron chi connectivity index (χ0n) is 13.2. The molecule has 0 saturated heterocycles. The van der Waals surface area contributed by atoms with Gasteiger partial charge in [-0.25, -0.2) is 4.39 Å². The van der Waals surface area contributed by atoms with E-state index >= 15 is 0 Å². The molecule has 8 heteroatoms. The molecule has 1 heterocycles. The first kappa shape index (κ1) is 17.5. The molecule has 0 atom stereocenters. The first-order valence-electron chi connectivity index (χ1n) is 7.30. The molecule has 3 N–H and O–H groups in total. The van der Waals surface area contributed by atoms with Crippen molar-refractivity contribution in [3.63, 3.8) is 0 Å². The summed E-state index contributed by atoms with van der Waals surface area (Å²) < 4.78 is 24.1. The number of amides is 2. The zero-order chi connectivity index (χ0) is 18.8. The van der Waals surface area contributed by atoms with Gasteiger partial charge in [0.1, 0.15) is 22.8 Å². The molecule has 0 saturated carbocycles. The number of ether oxygens (including phenoxy) is 1. The van der Waals surface area contributed by atoms with Gasteiger partial charge >= 0.3 is 0 Å². The van der Waals surface area contributed by atoms with Gasteiger partial charge in [-0.15, -0.1) is 0 Å². The van der Waals surface area contributed by atoms with Crippen LogP contribution in [0.3, 0.4) is 0 Å². The number of carbonyl (C=O) groups is 2. The number of hydrogen-bond donors (Lipinski definition) is 2. The van der Waals surface area contributed by atoms with Gasteiger partial charge in [-0.2, -0.15) is 0 Å². The van der Waals surface area contributed by atoms with Crippen LogP contribution in [0.2, 0.25) is 5.02 Å². The van der Waals surface area contributed by atoms with E-state index in [1.807, 2.05) is 0 Å². The van der Waals surface area contributed by atoms with Crippen LogP contribution in [0.4, 0.5) is 10.1 Å². The summed E-state index contributed by atoms with van der Waals surface area (Å²) in [6.45, 7) is 3.54. The summed E-state index contributed by atoms with van der Waals surface area (Å²) in [6.07, 6.45) is 0. The third-order valence-corrected chi connectivity index (χ3v) is 3.67. The highest BCUT2D eigenvalue weighted by molar-refractivity contribution is 6.30. The normalized spacial score (nSPS) is 10.5. The zero-order valence-corrected chi connectivity index (χ0v) is 14.0. The maximum Gasteiger partial charge on any atom is 0.290 e. The number of carbonyl (C=O) groups excluding carboxylic acids is 2. The molecule has 0 bridgehead atoms. The second-order valence-corrected chi connectivity index (χ2v) is 5.68. The van der Waals surface area contributed by atoms with Gasteiger partial charge in [0.05, 0.1) is 0 Å². The number of furan rings is 1. The molecule has 3 rings (SSSR count). The van der Waals surface area contributed by atoms with Crippen molar-refractivity contribution in [1.82, 2.24) is 0 Å². The van der Waals surface area contributed by atoms with Gasteiger partial charge < -0.3 is 20.2 Å². The summed E-state index contributed by atoms with van der Waals surface area (Å²) in [5.41, 5.74) is 5.40. The van der Waals surface area contributed by atoms with Crippen molar-refractivity contribution in [2.24, 2.45) is 5.73 Å². The van der Waals surface area contributed by atoms with E-state index in [9.17, 15) is 14.0 Å². The van der Waals surface area contributed by atoms with Crippen LogP contribution in [0, 0.1) is 5.82 Å². The number of rotatable bonds is 5. The molecule has 0 aliphatic heterocycles. The van der Waals surface area contributed by atoms with Crippen molar-refractivity contribution in [3.05, 3.63) is 71.4 Å². The van der Waals surface area contributed by atoms with Crippen LogP contribution >= 0.6 is 11.6 Å². The molecule has 2 aromatic carbocycles. The standard InChI is InChI=1S/C18H12ClFN2O4/c1-9(25-12-5-2-10(19)3-6-12)18(24)22-15-13-8-11(20)4-7-14(13)26-16(15)17(21)23/h2-8H,1H2,(H2,21,23)(H,22,24). The van der Waals surface area contributed by atoms with Crippen molar-refractivity contribution < 1.29 is 23.1 Å². The van der Waals surface area contributed by atoms with Crippen LogP contribution < -0.4 is 15.8 Å². The van der Waals surface area contributed by atoms with E-state index in [4.69, 9.17) is 26.5 Å². The Hall–Kier alpha value is -3.32. The topological polar surface area (TPSA) is 94.6 Å². The molecule has 0 radical (unpaired) electrons.